The van der Waals surface area contributed by atoms with Crippen LogP contribution in [-0.2, 0) is 0 Å². The van der Waals surface area contributed by atoms with Crippen molar-refractivity contribution < 1.29 is 5.11 Å². The standard InChI is InChI=1S/C15H22NO/c1-2-15(17)13-8-5-9-14(10-13)16-11-12-6-3-4-7-12/h5,8-10,12,15-17H,1-4,6-7,11H2. The van der Waals surface area contributed by atoms with Gasteiger partial charge in [0.05, 0.1) is 6.10 Å². The summed E-state index contributed by atoms with van der Waals surface area (Å²) in [5.41, 5.74) is 2.07. The lowest BCUT2D eigenvalue weighted by Gasteiger charge is -2.14. The van der Waals surface area contributed by atoms with Crippen molar-refractivity contribution in [3.8, 4) is 0 Å². The maximum atomic E-state index is 9.74. The SMILES string of the molecule is [CH2]CC(O)c1cccc(NCC2CCCC2)c1. The molecule has 17 heavy (non-hydrogen) atoms. The molecule has 1 unspecified atom stereocenters. The third-order valence-electron chi connectivity index (χ3n) is 3.61. The zero-order valence-electron chi connectivity index (χ0n) is 10.4. The maximum absolute atomic E-state index is 9.74. The van der Waals surface area contributed by atoms with E-state index in [1.165, 1.54) is 25.7 Å². The van der Waals surface area contributed by atoms with E-state index in [1.807, 2.05) is 18.2 Å². The fourth-order valence-electron chi connectivity index (χ4n) is 2.50. The van der Waals surface area contributed by atoms with Crippen LogP contribution in [0.1, 0.15) is 43.8 Å². The maximum Gasteiger partial charge on any atom is 0.0790 e. The van der Waals surface area contributed by atoms with Gasteiger partial charge in [-0.05, 0) is 42.9 Å². The van der Waals surface area contributed by atoms with Gasteiger partial charge in [0, 0.05) is 12.2 Å². The molecular weight excluding hydrogens is 210 g/mol. The van der Waals surface area contributed by atoms with Crippen LogP contribution in [-0.4, -0.2) is 11.7 Å². The first-order valence-electron chi connectivity index (χ1n) is 6.60. The lowest BCUT2D eigenvalue weighted by atomic mass is 10.1. The molecule has 0 bridgehead atoms. The molecule has 1 aliphatic carbocycles. The van der Waals surface area contributed by atoms with Crippen molar-refractivity contribution in [2.45, 2.75) is 38.2 Å². The van der Waals surface area contributed by atoms with Crippen LogP contribution < -0.4 is 5.32 Å². The Morgan fingerprint density at radius 3 is 2.82 bits per heavy atom. The topological polar surface area (TPSA) is 32.3 Å². The van der Waals surface area contributed by atoms with Gasteiger partial charge in [0.1, 0.15) is 0 Å². The van der Waals surface area contributed by atoms with Gasteiger partial charge in [-0.1, -0.05) is 31.9 Å². The molecule has 0 amide bonds. The smallest absolute Gasteiger partial charge is 0.0790 e. The number of hydrogen-bond donors (Lipinski definition) is 2. The normalized spacial score (nSPS) is 18.2. The fraction of sp³-hybridized carbons (Fsp3) is 0.533. The Labute approximate surface area is 104 Å². The zero-order valence-corrected chi connectivity index (χ0v) is 10.4. The Bertz CT molecular complexity index is 345. The van der Waals surface area contributed by atoms with Crippen molar-refractivity contribution in [2.75, 3.05) is 11.9 Å². The third-order valence-corrected chi connectivity index (χ3v) is 3.61. The highest BCUT2D eigenvalue weighted by Gasteiger charge is 2.14. The van der Waals surface area contributed by atoms with Gasteiger partial charge in [-0.3, -0.25) is 0 Å². The van der Waals surface area contributed by atoms with E-state index in [-0.39, 0.29) is 0 Å². The second kappa shape index (κ2) is 6.06. The van der Waals surface area contributed by atoms with Gasteiger partial charge in [-0.2, -0.15) is 0 Å². The van der Waals surface area contributed by atoms with E-state index < -0.39 is 6.10 Å². The minimum atomic E-state index is -0.441. The molecule has 1 aromatic carbocycles. The molecule has 0 aromatic heterocycles. The molecule has 0 heterocycles. The van der Waals surface area contributed by atoms with Crippen LogP contribution in [0.2, 0.25) is 0 Å². The molecule has 2 heteroatoms. The molecule has 1 aliphatic rings. The lowest BCUT2D eigenvalue weighted by Crippen LogP contribution is -2.11. The van der Waals surface area contributed by atoms with Gasteiger partial charge in [0.15, 0.2) is 0 Å². The van der Waals surface area contributed by atoms with Crippen LogP contribution >= 0.6 is 0 Å². The van der Waals surface area contributed by atoms with E-state index in [1.54, 1.807) is 0 Å². The van der Waals surface area contributed by atoms with Crippen LogP contribution in [0, 0.1) is 12.8 Å². The monoisotopic (exact) mass is 232 g/mol. The highest BCUT2D eigenvalue weighted by atomic mass is 16.3. The summed E-state index contributed by atoms with van der Waals surface area (Å²) in [4.78, 5) is 0. The first-order valence-corrected chi connectivity index (χ1v) is 6.60. The summed E-state index contributed by atoms with van der Waals surface area (Å²) in [5.74, 6) is 0.830. The molecule has 0 aliphatic heterocycles. The van der Waals surface area contributed by atoms with Gasteiger partial charge in [-0.15, -0.1) is 0 Å². The second-order valence-corrected chi connectivity index (χ2v) is 4.96. The minimum absolute atomic E-state index is 0.441. The number of nitrogens with one attached hydrogen (secondary N) is 1. The Morgan fingerprint density at radius 1 is 1.35 bits per heavy atom. The minimum Gasteiger partial charge on any atom is -0.388 e. The fourth-order valence-corrected chi connectivity index (χ4v) is 2.50. The molecule has 1 radical (unpaired) electrons. The van der Waals surface area contributed by atoms with Crippen LogP contribution in [0.3, 0.4) is 0 Å². The Morgan fingerprint density at radius 2 is 2.12 bits per heavy atom. The summed E-state index contributed by atoms with van der Waals surface area (Å²) < 4.78 is 0. The number of benzene rings is 1. The van der Waals surface area contributed by atoms with Gasteiger partial charge in [-0.25, -0.2) is 0 Å². The summed E-state index contributed by atoms with van der Waals surface area (Å²) in [6, 6.07) is 8.04. The molecule has 93 valence electrons. The van der Waals surface area contributed by atoms with Crippen molar-refractivity contribution in [3.63, 3.8) is 0 Å². The predicted molar refractivity (Wildman–Crippen MR) is 71.8 cm³/mol. The van der Waals surface area contributed by atoms with Gasteiger partial charge >= 0.3 is 0 Å². The number of hydrogen-bond acceptors (Lipinski definition) is 2. The van der Waals surface area contributed by atoms with Crippen LogP contribution in [0.25, 0.3) is 0 Å². The number of anilines is 1. The molecule has 2 rings (SSSR count). The third kappa shape index (κ3) is 3.47. The van der Waals surface area contributed by atoms with Gasteiger partial charge in [0.25, 0.3) is 0 Å². The summed E-state index contributed by atoms with van der Waals surface area (Å²) in [7, 11) is 0. The van der Waals surface area contributed by atoms with Crippen molar-refractivity contribution in [1.29, 1.82) is 0 Å². The quantitative estimate of drug-likeness (QED) is 0.813. The first kappa shape index (κ1) is 12.4. The van der Waals surface area contributed by atoms with E-state index in [4.69, 9.17) is 0 Å². The van der Waals surface area contributed by atoms with Gasteiger partial charge < -0.3 is 10.4 Å². The van der Waals surface area contributed by atoms with Crippen molar-refractivity contribution >= 4 is 5.69 Å². The average molecular weight is 232 g/mol. The molecule has 0 saturated heterocycles. The second-order valence-electron chi connectivity index (χ2n) is 4.96. The zero-order chi connectivity index (χ0) is 12.1. The van der Waals surface area contributed by atoms with Crippen molar-refractivity contribution in [3.05, 3.63) is 36.8 Å². The lowest BCUT2D eigenvalue weighted by molar-refractivity contribution is 0.181. The summed E-state index contributed by atoms with van der Waals surface area (Å²) in [6.07, 6.45) is 5.55. The summed E-state index contributed by atoms with van der Waals surface area (Å²) in [5, 5.41) is 13.2. The predicted octanol–water partition coefficient (Wildman–Crippen LogP) is 3.55. The average Bonchev–Trinajstić information content (AvgIpc) is 2.89. The van der Waals surface area contributed by atoms with E-state index in [9.17, 15) is 5.11 Å². The number of rotatable bonds is 5. The van der Waals surface area contributed by atoms with Crippen LogP contribution in [0.15, 0.2) is 24.3 Å². The number of aliphatic hydroxyl groups is 1. The van der Waals surface area contributed by atoms with E-state index >= 15 is 0 Å². The molecule has 1 aromatic rings. The first-order chi connectivity index (χ1) is 8.29. The number of aliphatic hydroxyl groups excluding tert-OH is 1. The molecule has 2 nitrogen and oxygen atoms in total. The van der Waals surface area contributed by atoms with E-state index in [2.05, 4.69) is 18.3 Å². The molecular formula is C15H22NO. The molecule has 1 saturated carbocycles. The summed E-state index contributed by atoms with van der Waals surface area (Å²) >= 11 is 0. The molecule has 1 fully saturated rings. The Kier molecular flexibility index (Phi) is 4.43. The van der Waals surface area contributed by atoms with Crippen LogP contribution in [0.5, 0.6) is 0 Å². The van der Waals surface area contributed by atoms with E-state index in [0.717, 1.165) is 23.7 Å². The highest BCUT2D eigenvalue weighted by Crippen LogP contribution is 2.25. The van der Waals surface area contributed by atoms with E-state index in [0.29, 0.717) is 6.42 Å². The van der Waals surface area contributed by atoms with Crippen LogP contribution in [0.4, 0.5) is 5.69 Å². The molecule has 0 spiro atoms. The Hall–Kier alpha value is -1.02. The summed E-state index contributed by atoms with van der Waals surface area (Å²) in [6.45, 7) is 4.79. The van der Waals surface area contributed by atoms with Crippen molar-refractivity contribution in [1.82, 2.24) is 0 Å². The Balaban J connectivity index is 1.91. The van der Waals surface area contributed by atoms with Gasteiger partial charge in [0.2, 0.25) is 0 Å². The van der Waals surface area contributed by atoms with Crippen molar-refractivity contribution in [2.24, 2.45) is 5.92 Å². The largest absolute Gasteiger partial charge is 0.388 e. The highest BCUT2D eigenvalue weighted by molar-refractivity contribution is 5.46. The molecule has 1 atom stereocenters. The molecule has 2 N–H and O–H groups in total.